The first-order valence-electron chi connectivity index (χ1n) is 7.36. The second-order valence-corrected chi connectivity index (χ2v) is 5.47. The first kappa shape index (κ1) is 17.5. The average molecular weight is 363 g/mol. The Kier molecular flexibility index (Phi) is 4.19. The van der Waals surface area contributed by atoms with Gasteiger partial charge in [0.1, 0.15) is 5.75 Å². The van der Waals surface area contributed by atoms with Gasteiger partial charge in [0, 0.05) is 11.8 Å². The number of nitrogens with zero attached hydrogens (tertiary/aromatic N) is 1. The molecular weight excluding hydrogens is 351 g/mol. The molecule has 0 aliphatic heterocycles. The molecule has 0 aliphatic rings. The molecular formula is C18H12F3NO4. The first-order valence-corrected chi connectivity index (χ1v) is 7.36. The monoisotopic (exact) mass is 363 g/mol. The molecule has 134 valence electrons. The van der Waals surface area contributed by atoms with Gasteiger partial charge in [-0.2, -0.15) is 13.2 Å². The summed E-state index contributed by atoms with van der Waals surface area (Å²) in [6, 6.07) is 8.68. The molecule has 8 heteroatoms. The molecule has 5 nitrogen and oxygen atoms in total. The third kappa shape index (κ3) is 3.01. The normalized spacial score (nSPS) is 11.5. The van der Waals surface area contributed by atoms with Crippen LogP contribution in [0.5, 0.6) is 5.75 Å². The summed E-state index contributed by atoms with van der Waals surface area (Å²) in [5, 5.41) is 9.29. The molecule has 2 aromatic heterocycles. The van der Waals surface area contributed by atoms with E-state index < -0.39 is 23.5 Å². The standard InChI is InChI=1S/C18H12F3NO4/c1-26-12-4-2-10(3-5-12)16(23)15-9-13(17(24)25)14-8-11(18(19,20)21)6-7-22(14)15/h2-9H,1H3,(H,24,25). The topological polar surface area (TPSA) is 68.0 Å². The third-order valence-electron chi connectivity index (χ3n) is 3.91. The van der Waals surface area contributed by atoms with Crippen molar-refractivity contribution in [3.05, 3.63) is 71.0 Å². The van der Waals surface area contributed by atoms with E-state index in [0.29, 0.717) is 11.8 Å². The lowest BCUT2D eigenvalue weighted by Gasteiger charge is -2.08. The van der Waals surface area contributed by atoms with Crippen LogP contribution < -0.4 is 4.74 Å². The highest BCUT2D eigenvalue weighted by molar-refractivity contribution is 6.11. The van der Waals surface area contributed by atoms with Crippen molar-refractivity contribution in [1.29, 1.82) is 0 Å². The van der Waals surface area contributed by atoms with E-state index in [4.69, 9.17) is 4.74 Å². The molecule has 0 radical (unpaired) electrons. The van der Waals surface area contributed by atoms with Crippen LogP contribution in [0.2, 0.25) is 0 Å². The molecule has 3 aromatic rings. The molecule has 0 saturated carbocycles. The number of hydrogen-bond acceptors (Lipinski definition) is 3. The molecule has 2 heterocycles. The molecule has 0 amide bonds. The van der Waals surface area contributed by atoms with E-state index in [-0.39, 0.29) is 22.3 Å². The number of hydrogen-bond donors (Lipinski definition) is 1. The molecule has 1 aromatic carbocycles. The maximum atomic E-state index is 12.9. The second-order valence-electron chi connectivity index (χ2n) is 5.47. The van der Waals surface area contributed by atoms with E-state index in [1.807, 2.05) is 0 Å². The highest BCUT2D eigenvalue weighted by Crippen LogP contribution is 2.31. The number of carboxylic acid groups (broad SMARTS) is 1. The van der Waals surface area contributed by atoms with Gasteiger partial charge in [-0.05, 0) is 42.5 Å². The van der Waals surface area contributed by atoms with Crippen molar-refractivity contribution < 1.29 is 32.6 Å². The van der Waals surface area contributed by atoms with Gasteiger partial charge in [0.25, 0.3) is 0 Å². The molecule has 0 aliphatic carbocycles. The van der Waals surface area contributed by atoms with Crippen LogP contribution in [0.4, 0.5) is 13.2 Å². The smallest absolute Gasteiger partial charge is 0.416 e. The summed E-state index contributed by atoms with van der Waals surface area (Å²) in [4.78, 5) is 24.1. The van der Waals surface area contributed by atoms with Gasteiger partial charge >= 0.3 is 12.1 Å². The van der Waals surface area contributed by atoms with Gasteiger partial charge in [0.15, 0.2) is 0 Å². The van der Waals surface area contributed by atoms with Crippen molar-refractivity contribution in [2.75, 3.05) is 7.11 Å². The van der Waals surface area contributed by atoms with E-state index >= 15 is 0 Å². The van der Waals surface area contributed by atoms with Gasteiger partial charge in [-0.15, -0.1) is 0 Å². The van der Waals surface area contributed by atoms with Crippen molar-refractivity contribution in [2.24, 2.45) is 0 Å². The Balaban J connectivity index is 2.16. The Morgan fingerprint density at radius 2 is 1.73 bits per heavy atom. The molecule has 26 heavy (non-hydrogen) atoms. The number of carbonyl (C=O) groups is 2. The Labute approximate surface area is 145 Å². The van der Waals surface area contributed by atoms with Gasteiger partial charge in [-0.3, -0.25) is 4.79 Å². The van der Waals surface area contributed by atoms with E-state index in [2.05, 4.69) is 0 Å². The summed E-state index contributed by atoms with van der Waals surface area (Å²) in [6.45, 7) is 0. The van der Waals surface area contributed by atoms with Crippen LogP contribution in [-0.4, -0.2) is 28.4 Å². The van der Waals surface area contributed by atoms with Crippen molar-refractivity contribution in [2.45, 2.75) is 6.18 Å². The molecule has 0 unspecified atom stereocenters. The lowest BCUT2D eigenvalue weighted by atomic mass is 10.1. The number of ketones is 1. The number of halogens is 3. The van der Waals surface area contributed by atoms with Crippen LogP contribution in [0, 0.1) is 0 Å². The number of fused-ring (bicyclic) bond motifs is 1. The molecule has 0 atom stereocenters. The molecule has 3 rings (SSSR count). The van der Waals surface area contributed by atoms with Crippen LogP contribution in [0.1, 0.15) is 32.0 Å². The number of alkyl halides is 3. The Morgan fingerprint density at radius 3 is 2.27 bits per heavy atom. The molecule has 1 N–H and O–H groups in total. The number of methoxy groups -OCH3 is 1. The van der Waals surface area contributed by atoms with Gasteiger partial charge in [-0.25, -0.2) is 4.79 Å². The number of aromatic carboxylic acids is 1. The number of pyridine rings is 1. The van der Waals surface area contributed by atoms with Crippen LogP contribution in [0.25, 0.3) is 5.52 Å². The number of benzene rings is 1. The maximum Gasteiger partial charge on any atom is 0.416 e. The predicted molar refractivity (Wildman–Crippen MR) is 85.8 cm³/mol. The van der Waals surface area contributed by atoms with Gasteiger partial charge in [0.2, 0.25) is 5.78 Å². The fourth-order valence-electron chi connectivity index (χ4n) is 2.61. The molecule has 0 saturated heterocycles. The Hall–Kier alpha value is -3.29. The Morgan fingerprint density at radius 1 is 1.08 bits per heavy atom. The minimum atomic E-state index is -4.62. The zero-order chi connectivity index (χ0) is 19.1. The van der Waals surface area contributed by atoms with Crippen molar-refractivity contribution in [3.8, 4) is 5.75 Å². The lowest BCUT2D eigenvalue weighted by Crippen LogP contribution is -2.08. The first-order chi connectivity index (χ1) is 12.2. The number of carboxylic acids is 1. The van der Waals surface area contributed by atoms with Gasteiger partial charge in [-0.1, -0.05) is 0 Å². The number of carbonyl (C=O) groups excluding carboxylic acids is 1. The maximum absolute atomic E-state index is 12.9. The molecule has 0 bridgehead atoms. The highest BCUT2D eigenvalue weighted by Gasteiger charge is 2.32. The minimum Gasteiger partial charge on any atom is -0.497 e. The van der Waals surface area contributed by atoms with E-state index in [1.165, 1.54) is 19.2 Å². The largest absolute Gasteiger partial charge is 0.497 e. The quantitative estimate of drug-likeness (QED) is 0.714. The summed E-state index contributed by atoms with van der Waals surface area (Å²) in [5.74, 6) is -1.41. The number of rotatable bonds is 4. The van der Waals surface area contributed by atoms with E-state index in [9.17, 15) is 27.9 Å². The van der Waals surface area contributed by atoms with Crippen molar-refractivity contribution in [1.82, 2.24) is 4.40 Å². The fraction of sp³-hybridized carbons (Fsp3) is 0.111. The van der Waals surface area contributed by atoms with Crippen LogP contribution in [0.15, 0.2) is 48.7 Å². The fourth-order valence-corrected chi connectivity index (χ4v) is 2.61. The third-order valence-corrected chi connectivity index (χ3v) is 3.91. The van der Waals surface area contributed by atoms with E-state index in [1.54, 1.807) is 12.1 Å². The minimum absolute atomic E-state index is 0.0451. The highest BCUT2D eigenvalue weighted by atomic mass is 19.4. The van der Waals surface area contributed by atoms with Gasteiger partial charge in [0.05, 0.1) is 29.4 Å². The predicted octanol–water partition coefficient (Wildman–Crippen LogP) is 3.90. The lowest BCUT2D eigenvalue weighted by molar-refractivity contribution is -0.137. The zero-order valence-electron chi connectivity index (χ0n) is 13.4. The summed E-state index contributed by atoms with van der Waals surface area (Å²) in [6.07, 6.45) is -3.58. The zero-order valence-corrected chi connectivity index (χ0v) is 13.4. The Bertz CT molecular complexity index is 1000. The molecule has 0 spiro atoms. The molecule has 0 fully saturated rings. The summed E-state index contributed by atoms with van der Waals surface area (Å²) < 4.78 is 44.9. The summed E-state index contributed by atoms with van der Waals surface area (Å²) in [7, 11) is 1.47. The van der Waals surface area contributed by atoms with Crippen LogP contribution >= 0.6 is 0 Å². The van der Waals surface area contributed by atoms with Crippen molar-refractivity contribution in [3.63, 3.8) is 0 Å². The second kappa shape index (κ2) is 6.21. The summed E-state index contributed by atoms with van der Waals surface area (Å²) >= 11 is 0. The van der Waals surface area contributed by atoms with Crippen LogP contribution in [-0.2, 0) is 6.18 Å². The number of ether oxygens (including phenoxy) is 1. The van der Waals surface area contributed by atoms with Crippen LogP contribution in [0.3, 0.4) is 0 Å². The van der Waals surface area contributed by atoms with Crippen molar-refractivity contribution >= 4 is 17.3 Å². The SMILES string of the molecule is COc1ccc(C(=O)c2cc(C(=O)O)c3cc(C(F)(F)F)ccn23)cc1. The summed E-state index contributed by atoms with van der Waals surface area (Å²) in [5.41, 5.74) is -1.37. The number of aromatic nitrogens is 1. The average Bonchev–Trinajstić information content (AvgIpc) is 2.99. The van der Waals surface area contributed by atoms with Gasteiger partial charge < -0.3 is 14.2 Å². The van der Waals surface area contributed by atoms with E-state index in [0.717, 1.165) is 22.7 Å².